The molecule has 0 atom stereocenters. The number of anilines is 1. The fraction of sp³-hybridized carbons (Fsp3) is 0.111. The Morgan fingerprint density at radius 1 is 1.20 bits per heavy atom. The molecule has 3 aromatic rings. The van der Waals surface area contributed by atoms with Crippen molar-refractivity contribution in [1.29, 1.82) is 0 Å². The van der Waals surface area contributed by atoms with Crippen LogP contribution in [0.4, 0.5) is 9.52 Å². The fourth-order valence-corrected chi connectivity index (χ4v) is 3.63. The van der Waals surface area contributed by atoms with Gasteiger partial charge < -0.3 is 0 Å². The molecule has 0 aliphatic carbocycles. The van der Waals surface area contributed by atoms with Crippen molar-refractivity contribution in [2.45, 2.75) is 13.3 Å². The van der Waals surface area contributed by atoms with Gasteiger partial charge in [-0.1, -0.05) is 23.2 Å². The number of carbonyl (C=O) groups is 1. The van der Waals surface area contributed by atoms with Gasteiger partial charge >= 0.3 is 0 Å². The van der Waals surface area contributed by atoms with E-state index in [0.29, 0.717) is 27.2 Å². The second-order valence-corrected chi connectivity index (χ2v) is 7.33. The van der Waals surface area contributed by atoms with E-state index >= 15 is 0 Å². The van der Waals surface area contributed by atoms with E-state index < -0.39 is 0 Å². The van der Waals surface area contributed by atoms with E-state index in [2.05, 4.69) is 10.3 Å². The molecule has 25 heavy (non-hydrogen) atoms. The first-order chi connectivity index (χ1) is 11.9. The number of hydrogen-bond donors (Lipinski definition) is 1. The molecule has 1 N–H and O–H groups in total. The molecule has 0 saturated heterocycles. The number of nitrogens with one attached hydrogen (secondary N) is 1. The van der Waals surface area contributed by atoms with Gasteiger partial charge in [0, 0.05) is 26.9 Å². The number of rotatable bonds is 4. The minimum absolute atomic E-state index is 0.332. The Morgan fingerprint density at radius 3 is 2.64 bits per heavy atom. The summed E-state index contributed by atoms with van der Waals surface area (Å²) in [6.45, 7) is 1.87. The van der Waals surface area contributed by atoms with Crippen molar-refractivity contribution in [1.82, 2.24) is 4.98 Å². The zero-order valence-corrected chi connectivity index (χ0v) is 15.5. The monoisotopic (exact) mass is 394 g/mol. The molecule has 128 valence electrons. The Kier molecular flexibility index (Phi) is 5.37. The van der Waals surface area contributed by atoms with Gasteiger partial charge in [0.15, 0.2) is 5.13 Å². The lowest BCUT2D eigenvalue weighted by Gasteiger charge is -2.03. The van der Waals surface area contributed by atoms with E-state index in [9.17, 15) is 9.18 Å². The summed E-state index contributed by atoms with van der Waals surface area (Å²) in [7, 11) is 0. The number of benzene rings is 2. The standard InChI is InChI=1S/C18H13Cl2FN2OS/c1-10-16(9-12-8-13(19)4-7-15(12)20)25-18(22-10)23-17(24)11-2-5-14(21)6-3-11/h2-8H,9H2,1H3,(H,22,23,24). The highest BCUT2D eigenvalue weighted by Gasteiger charge is 2.13. The minimum Gasteiger partial charge on any atom is -0.298 e. The third-order valence-electron chi connectivity index (χ3n) is 3.58. The zero-order chi connectivity index (χ0) is 18.0. The highest BCUT2D eigenvalue weighted by Crippen LogP contribution is 2.29. The van der Waals surface area contributed by atoms with Crippen molar-refractivity contribution in [3.63, 3.8) is 0 Å². The number of carbonyl (C=O) groups excluding carboxylic acids is 1. The van der Waals surface area contributed by atoms with E-state index in [1.807, 2.05) is 13.0 Å². The van der Waals surface area contributed by atoms with Gasteiger partial charge in [-0.3, -0.25) is 10.1 Å². The van der Waals surface area contributed by atoms with Crippen LogP contribution in [0.1, 0.15) is 26.5 Å². The molecule has 0 saturated carbocycles. The summed E-state index contributed by atoms with van der Waals surface area (Å²) in [4.78, 5) is 17.6. The van der Waals surface area contributed by atoms with Gasteiger partial charge in [0.25, 0.3) is 5.91 Å². The molecule has 1 heterocycles. The number of amides is 1. The van der Waals surface area contributed by atoms with Crippen LogP contribution in [0.15, 0.2) is 42.5 Å². The fourth-order valence-electron chi connectivity index (χ4n) is 2.27. The molecule has 0 aliphatic rings. The highest BCUT2D eigenvalue weighted by molar-refractivity contribution is 7.15. The van der Waals surface area contributed by atoms with Crippen LogP contribution in [0.3, 0.4) is 0 Å². The molecular formula is C18H13Cl2FN2OS. The second-order valence-electron chi connectivity index (χ2n) is 5.40. The lowest BCUT2D eigenvalue weighted by molar-refractivity contribution is 0.102. The van der Waals surface area contributed by atoms with E-state index in [1.54, 1.807) is 12.1 Å². The van der Waals surface area contributed by atoms with Crippen LogP contribution in [0, 0.1) is 12.7 Å². The van der Waals surface area contributed by atoms with Crippen molar-refractivity contribution in [3.8, 4) is 0 Å². The molecule has 2 aromatic carbocycles. The summed E-state index contributed by atoms with van der Waals surface area (Å²) in [5, 5.41) is 4.47. The van der Waals surface area contributed by atoms with Gasteiger partial charge in [0.05, 0.1) is 5.69 Å². The first kappa shape index (κ1) is 17.9. The minimum atomic E-state index is -0.387. The van der Waals surface area contributed by atoms with Crippen LogP contribution < -0.4 is 5.32 Å². The van der Waals surface area contributed by atoms with Gasteiger partial charge in [-0.15, -0.1) is 11.3 Å². The Morgan fingerprint density at radius 2 is 1.92 bits per heavy atom. The van der Waals surface area contributed by atoms with Crippen molar-refractivity contribution < 1.29 is 9.18 Å². The highest BCUT2D eigenvalue weighted by atomic mass is 35.5. The average Bonchev–Trinajstić information content (AvgIpc) is 2.91. The maximum absolute atomic E-state index is 12.9. The van der Waals surface area contributed by atoms with Crippen molar-refractivity contribution in [2.24, 2.45) is 0 Å². The van der Waals surface area contributed by atoms with Crippen molar-refractivity contribution in [3.05, 3.63) is 80.0 Å². The first-order valence-electron chi connectivity index (χ1n) is 7.39. The summed E-state index contributed by atoms with van der Waals surface area (Å²) >= 11 is 13.6. The van der Waals surface area contributed by atoms with E-state index in [-0.39, 0.29) is 11.7 Å². The molecule has 1 amide bonds. The van der Waals surface area contributed by atoms with Gasteiger partial charge in [-0.25, -0.2) is 9.37 Å². The number of hydrogen-bond acceptors (Lipinski definition) is 3. The number of halogens is 3. The molecule has 0 unspecified atom stereocenters. The van der Waals surface area contributed by atoms with E-state index in [1.165, 1.54) is 35.6 Å². The van der Waals surface area contributed by atoms with Crippen LogP contribution in [0.25, 0.3) is 0 Å². The largest absolute Gasteiger partial charge is 0.298 e. The van der Waals surface area contributed by atoms with Gasteiger partial charge in [-0.2, -0.15) is 0 Å². The molecule has 0 aliphatic heterocycles. The van der Waals surface area contributed by atoms with Crippen LogP contribution >= 0.6 is 34.5 Å². The van der Waals surface area contributed by atoms with Crippen molar-refractivity contribution >= 4 is 45.6 Å². The Balaban J connectivity index is 1.77. The lowest BCUT2D eigenvalue weighted by atomic mass is 10.1. The Hall–Kier alpha value is -1.95. The molecule has 1 aromatic heterocycles. The quantitative estimate of drug-likeness (QED) is 0.612. The Bertz CT molecular complexity index is 925. The molecule has 7 heteroatoms. The molecule has 3 nitrogen and oxygen atoms in total. The second kappa shape index (κ2) is 7.52. The molecule has 0 spiro atoms. The molecule has 0 radical (unpaired) electrons. The van der Waals surface area contributed by atoms with Crippen LogP contribution in [0.2, 0.25) is 10.0 Å². The zero-order valence-electron chi connectivity index (χ0n) is 13.1. The third kappa shape index (κ3) is 4.37. The van der Waals surface area contributed by atoms with Crippen LogP contribution in [-0.2, 0) is 6.42 Å². The first-order valence-corrected chi connectivity index (χ1v) is 8.97. The number of nitrogens with zero attached hydrogens (tertiary/aromatic N) is 1. The summed E-state index contributed by atoms with van der Waals surface area (Å²) < 4.78 is 12.9. The van der Waals surface area contributed by atoms with Gasteiger partial charge in [0.2, 0.25) is 0 Å². The summed E-state index contributed by atoms with van der Waals surface area (Å²) in [5.41, 5.74) is 2.08. The number of thiazole rings is 1. The predicted octanol–water partition coefficient (Wildman–Crippen LogP) is 5.74. The molecule has 0 bridgehead atoms. The van der Waals surface area contributed by atoms with E-state index in [4.69, 9.17) is 23.2 Å². The van der Waals surface area contributed by atoms with Crippen LogP contribution in [-0.4, -0.2) is 10.9 Å². The lowest BCUT2D eigenvalue weighted by Crippen LogP contribution is -2.11. The van der Waals surface area contributed by atoms with Crippen molar-refractivity contribution in [2.75, 3.05) is 5.32 Å². The van der Waals surface area contributed by atoms with E-state index in [0.717, 1.165) is 16.1 Å². The van der Waals surface area contributed by atoms with Gasteiger partial charge in [-0.05, 0) is 55.0 Å². The maximum atomic E-state index is 12.9. The normalized spacial score (nSPS) is 10.7. The number of aryl methyl sites for hydroxylation is 1. The summed E-state index contributed by atoms with van der Waals surface area (Å²) in [6, 6.07) is 10.7. The van der Waals surface area contributed by atoms with Crippen LogP contribution in [0.5, 0.6) is 0 Å². The third-order valence-corrected chi connectivity index (χ3v) is 5.25. The smallest absolute Gasteiger partial charge is 0.257 e. The predicted molar refractivity (Wildman–Crippen MR) is 100 cm³/mol. The SMILES string of the molecule is Cc1nc(NC(=O)c2ccc(F)cc2)sc1Cc1cc(Cl)ccc1Cl. The van der Waals surface area contributed by atoms with Gasteiger partial charge in [0.1, 0.15) is 5.82 Å². The molecule has 3 rings (SSSR count). The Labute approximate surface area is 158 Å². The topological polar surface area (TPSA) is 42.0 Å². The molecular weight excluding hydrogens is 382 g/mol. The summed E-state index contributed by atoms with van der Waals surface area (Å²) in [6.07, 6.45) is 0.579. The summed E-state index contributed by atoms with van der Waals surface area (Å²) in [5.74, 6) is -0.719. The maximum Gasteiger partial charge on any atom is 0.257 e. The average molecular weight is 395 g/mol. The molecule has 0 fully saturated rings. The number of aromatic nitrogens is 1.